The van der Waals surface area contributed by atoms with Crippen molar-refractivity contribution >= 4 is 11.8 Å². The lowest BCUT2D eigenvalue weighted by Crippen LogP contribution is -2.23. The predicted molar refractivity (Wildman–Crippen MR) is 96.6 cm³/mol. The van der Waals surface area contributed by atoms with Crippen LogP contribution in [0.3, 0.4) is 0 Å². The number of rotatable bonds is 8. The van der Waals surface area contributed by atoms with Crippen molar-refractivity contribution in [3.63, 3.8) is 0 Å². The van der Waals surface area contributed by atoms with Crippen LogP contribution < -0.4 is 5.73 Å². The molecule has 6 heteroatoms. The number of hydrogen-bond acceptors (Lipinski definition) is 4. The molecular weight excluding hydrogens is 316 g/mol. The first-order valence-electron chi connectivity index (χ1n) is 9.25. The third-order valence-electron chi connectivity index (χ3n) is 5.43. The van der Waals surface area contributed by atoms with Crippen LogP contribution >= 0.6 is 0 Å². The maximum Gasteiger partial charge on any atom is 0.272 e. The summed E-state index contributed by atoms with van der Waals surface area (Å²) in [5, 5.41) is 4.00. The van der Waals surface area contributed by atoms with E-state index in [0.29, 0.717) is 17.2 Å². The fraction of sp³-hybridized carbons (Fsp3) is 0.579. The molecule has 136 valence electrons. The first-order valence-corrected chi connectivity index (χ1v) is 9.25. The number of primary amides is 1. The van der Waals surface area contributed by atoms with Gasteiger partial charge in [-0.05, 0) is 32.0 Å². The van der Waals surface area contributed by atoms with Gasteiger partial charge in [-0.25, -0.2) is 5.01 Å². The van der Waals surface area contributed by atoms with Gasteiger partial charge in [-0.3, -0.25) is 14.5 Å². The molecule has 0 aliphatic carbocycles. The largest absolute Gasteiger partial charge is 0.366 e. The SMILES string of the molecule is CCCC[C@@H]1N(C)[C@@]12N(CCCC)N2C(=O)c1ccccc1C(N)=O. The molecule has 2 saturated heterocycles. The van der Waals surface area contributed by atoms with Crippen molar-refractivity contribution in [3.05, 3.63) is 35.4 Å². The molecule has 2 unspecified atom stereocenters. The second-order valence-corrected chi connectivity index (χ2v) is 6.96. The Morgan fingerprint density at radius 1 is 1.12 bits per heavy atom. The van der Waals surface area contributed by atoms with Crippen LogP contribution in [0.25, 0.3) is 0 Å². The van der Waals surface area contributed by atoms with E-state index in [4.69, 9.17) is 5.73 Å². The Kier molecular flexibility index (Phi) is 4.84. The van der Waals surface area contributed by atoms with Gasteiger partial charge >= 0.3 is 0 Å². The van der Waals surface area contributed by atoms with Gasteiger partial charge in [-0.15, -0.1) is 0 Å². The normalized spacial score (nSPS) is 29.7. The highest BCUT2D eigenvalue weighted by Gasteiger charge is 2.82. The molecule has 0 bridgehead atoms. The molecule has 2 aliphatic heterocycles. The second-order valence-electron chi connectivity index (χ2n) is 6.96. The average Bonchev–Trinajstić information content (AvgIpc) is 3.45. The highest BCUT2D eigenvalue weighted by atomic mass is 16.2. The Bertz CT molecular complexity index is 677. The Morgan fingerprint density at radius 3 is 2.36 bits per heavy atom. The number of benzene rings is 1. The van der Waals surface area contributed by atoms with Crippen LogP contribution in [-0.2, 0) is 0 Å². The number of nitrogens with zero attached hydrogens (tertiary/aromatic N) is 3. The number of carbonyl (C=O) groups is 2. The molecule has 2 heterocycles. The summed E-state index contributed by atoms with van der Waals surface area (Å²) in [6.45, 7) is 5.19. The maximum absolute atomic E-state index is 13.2. The molecule has 4 atom stereocenters. The van der Waals surface area contributed by atoms with Gasteiger partial charge in [0.15, 0.2) is 0 Å². The number of hydrazine groups is 1. The summed E-state index contributed by atoms with van der Waals surface area (Å²) < 4.78 is 0. The van der Waals surface area contributed by atoms with Crippen molar-refractivity contribution < 1.29 is 9.59 Å². The van der Waals surface area contributed by atoms with E-state index < -0.39 is 5.91 Å². The van der Waals surface area contributed by atoms with Crippen LogP contribution in [0.4, 0.5) is 0 Å². The van der Waals surface area contributed by atoms with Gasteiger partial charge < -0.3 is 5.73 Å². The minimum atomic E-state index is -0.563. The number of nitrogens with two attached hydrogens (primary N) is 1. The Labute approximate surface area is 149 Å². The van der Waals surface area contributed by atoms with Crippen molar-refractivity contribution in [2.24, 2.45) is 5.73 Å². The van der Waals surface area contributed by atoms with Gasteiger partial charge in [0.1, 0.15) is 0 Å². The van der Waals surface area contributed by atoms with E-state index in [1.165, 1.54) is 0 Å². The van der Waals surface area contributed by atoms with Gasteiger partial charge in [0.05, 0.1) is 17.2 Å². The minimum absolute atomic E-state index is 0.128. The van der Waals surface area contributed by atoms with Gasteiger partial charge in [0.2, 0.25) is 11.7 Å². The molecule has 3 rings (SSSR count). The third-order valence-corrected chi connectivity index (χ3v) is 5.43. The van der Waals surface area contributed by atoms with E-state index in [-0.39, 0.29) is 11.7 Å². The highest BCUT2D eigenvalue weighted by molar-refractivity contribution is 6.07. The zero-order valence-corrected chi connectivity index (χ0v) is 15.4. The quantitative estimate of drug-likeness (QED) is 0.735. The number of hydrogen-bond donors (Lipinski definition) is 1. The van der Waals surface area contributed by atoms with Gasteiger partial charge in [-0.1, -0.05) is 45.2 Å². The van der Waals surface area contributed by atoms with E-state index in [9.17, 15) is 9.59 Å². The van der Waals surface area contributed by atoms with Crippen LogP contribution in [0.15, 0.2) is 24.3 Å². The molecule has 2 amide bonds. The Balaban J connectivity index is 1.85. The van der Waals surface area contributed by atoms with Crippen LogP contribution in [0.1, 0.15) is 66.7 Å². The predicted octanol–water partition coefficient (Wildman–Crippen LogP) is 2.42. The summed E-state index contributed by atoms with van der Waals surface area (Å²) in [6, 6.07) is 7.19. The van der Waals surface area contributed by atoms with Gasteiger partial charge in [0.25, 0.3) is 5.91 Å². The van der Waals surface area contributed by atoms with Crippen molar-refractivity contribution in [1.29, 1.82) is 0 Å². The number of carbonyl (C=O) groups excluding carboxylic acids is 2. The van der Waals surface area contributed by atoms with Gasteiger partial charge in [0, 0.05) is 6.54 Å². The molecule has 2 fully saturated rings. The summed E-state index contributed by atoms with van der Waals surface area (Å²) in [5.41, 5.74) is 6.14. The van der Waals surface area contributed by atoms with Crippen molar-refractivity contribution in [2.75, 3.05) is 13.6 Å². The maximum atomic E-state index is 13.2. The molecular formula is C19H28N4O2. The monoisotopic (exact) mass is 344 g/mol. The molecule has 1 aromatic rings. The average molecular weight is 344 g/mol. The summed E-state index contributed by atoms with van der Waals surface area (Å²) in [4.78, 5) is 27.1. The molecule has 2 N–H and O–H groups in total. The minimum Gasteiger partial charge on any atom is -0.366 e. The summed E-state index contributed by atoms with van der Waals surface area (Å²) >= 11 is 0. The fourth-order valence-corrected chi connectivity index (χ4v) is 3.98. The number of likely N-dealkylation sites (N-methyl/N-ethyl adjacent to an activating group) is 1. The Morgan fingerprint density at radius 2 is 1.76 bits per heavy atom. The zero-order chi connectivity index (χ0) is 18.2. The van der Waals surface area contributed by atoms with Crippen LogP contribution in [0.5, 0.6) is 0 Å². The Hall–Kier alpha value is -1.92. The molecule has 0 saturated carbocycles. The first-order chi connectivity index (χ1) is 12.0. The highest BCUT2D eigenvalue weighted by Crippen LogP contribution is 2.60. The van der Waals surface area contributed by atoms with E-state index in [2.05, 4.69) is 30.8 Å². The molecule has 25 heavy (non-hydrogen) atoms. The summed E-state index contributed by atoms with van der Waals surface area (Å²) in [7, 11) is 2.08. The molecule has 1 aromatic carbocycles. The van der Waals surface area contributed by atoms with Crippen molar-refractivity contribution in [1.82, 2.24) is 14.9 Å². The summed E-state index contributed by atoms with van der Waals surface area (Å²) in [5.74, 6) is -0.977. The van der Waals surface area contributed by atoms with Crippen molar-refractivity contribution in [3.8, 4) is 0 Å². The van der Waals surface area contributed by atoms with Crippen molar-refractivity contribution in [2.45, 2.75) is 57.8 Å². The topological polar surface area (TPSA) is 69.2 Å². The lowest BCUT2D eigenvalue weighted by Gasteiger charge is -2.07. The van der Waals surface area contributed by atoms with Crippen LogP contribution in [0.2, 0.25) is 0 Å². The fourth-order valence-electron chi connectivity index (χ4n) is 3.98. The van der Waals surface area contributed by atoms with E-state index in [0.717, 1.165) is 38.6 Å². The summed E-state index contributed by atoms with van der Waals surface area (Å²) in [6.07, 6.45) is 5.50. The van der Waals surface area contributed by atoms with Crippen LogP contribution in [0, 0.1) is 0 Å². The standard InChI is InChI=1S/C19H28N4O2/c1-4-6-12-16-19(21(16)3)22(13-7-5-2)23(19)18(25)15-11-9-8-10-14(15)17(20)24/h8-11,16H,4-7,12-13H2,1-3H3,(H2,20,24)/t16-,19+,21?,22?,23?/m0/s1. The number of amides is 2. The first kappa shape index (κ1) is 17.9. The van der Waals surface area contributed by atoms with E-state index >= 15 is 0 Å². The van der Waals surface area contributed by atoms with E-state index in [1.54, 1.807) is 24.3 Å². The smallest absolute Gasteiger partial charge is 0.272 e. The zero-order valence-electron chi connectivity index (χ0n) is 15.4. The molecule has 0 radical (unpaired) electrons. The lowest BCUT2D eigenvalue weighted by molar-refractivity contribution is 0.0795. The third kappa shape index (κ3) is 2.73. The van der Waals surface area contributed by atoms with Gasteiger partial charge in [-0.2, -0.15) is 5.01 Å². The number of unbranched alkanes of at least 4 members (excludes halogenated alkanes) is 2. The molecule has 6 nitrogen and oxygen atoms in total. The van der Waals surface area contributed by atoms with Crippen LogP contribution in [-0.4, -0.2) is 52.2 Å². The van der Waals surface area contributed by atoms with E-state index in [1.807, 2.05) is 5.01 Å². The lowest BCUT2D eigenvalue weighted by atomic mass is 10.1. The molecule has 1 spiro atoms. The molecule has 0 aromatic heterocycles. The second kappa shape index (κ2) is 6.77. The molecule has 2 aliphatic rings.